The molecular weight excluding hydrogens is 399 g/mol. The number of rotatable bonds is 4. The number of thiophene rings is 1. The molecule has 25 heavy (non-hydrogen) atoms. The first-order valence-corrected chi connectivity index (χ1v) is 8.92. The Morgan fingerprint density at radius 2 is 2.16 bits per heavy atom. The Morgan fingerprint density at radius 1 is 1.40 bits per heavy atom. The van der Waals surface area contributed by atoms with Crippen LogP contribution in [0.2, 0.25) is 4.34 Å². The molecule has 0 spiro atoms. The summed E-state index contributed by atoms with van der Waals surface area (Å²) in [6.45, 7) is 1.47. The Labute approximate surface area is 152 Å². The van der Waals surface area contributed by atoms with Crippen molar-refractivity contribution in [3.63, 3.8) is 0 Å². The van der Waals surface area contributed by atoms with E-state index in [1.54, 1.807) is 17.5 Å². The van der Waals surface area contributed by atoms with E-state index in [2.05, 4.69) is 14.8 Å². The fraction of sp³-hybridized carbons (Fsp3) is 0.214. The van der Waals surface area contributed by atoms with Gasteiger partial charge in [-0.3, -0.25) is 0 Å². The molecular formula is C14H9ClF3N3O2S2. The predicted molar refractivity (Wildman–Crippen MR) is 88.5 cm³/mol. The van der Waals surface area contributed by atoms with Crippen LogP contribution in [0.25, 0.3) is 15.7 Å². The molecule has 3 rings (SSSR count). The number of hydrogen-bond acceptors (Lipinski definition) is 6. The Morgan fingerprint density at radius 3 is 2.76 bits per heavy atom. The minimum atomic E-state index is -4.79. The molecule has 0 fully saturated rings. The second kappa shape index (κ2) is 6.77. The number of esters is 1. The maximum Gasteiger partial charge on any atom is 0.434 e. The van der Waals surface area contributed by atoms with Crippen LogP contribution < -0.4 is 0 Å². The highest BCUT2D eigenvalue weighted by molar-refractivity contribution is 7.19. The highest BCUT2D eigenvalue weighted by atomic mass is 35.5. The van der Waals surface area contributed by atoms with Crippen LogP contribution in [0.15, 0.2) is 23.7 Å². The fourth-order valence-electron chi connectivity index (χ4n) is 2.05. The van der Waals surface area contributed by atoms with Gasteiger partial charge in [0.1, 0.15) is 5.56 Å². The number of hydrogen-bond donors (Lipinski definition) is 0. The zero-order valence-corrected chi connectivity index (χ0v) is 14.9. The summed E-state index contributed by atoms with van der Waals surface area (Å²) >= 11 is 8.10. The third kappa shape index (κ3) is 3.55. The number of alkyl halides is 3. The van der Waals surface area contributed by atoms with Crippen molar-refractivity contribution in [1.29, 1.82) is 0 Å². The summed E-state index contributed by atoms with van der Waals surface area (Å²) in [6.07, 6.45) is -3.96. The van der Waals surface area contributed by atoms with Crippen molar-refractivity contribution >= 4 is 40.2 Å². The molecule has 3 aromatic rings. The van der Waals surface area contributed by atoms with Gasteiger partial charge in [-0.1, -0.05) is 11.6 Å². The van der Waals surface area contributed by atoms with Crippen molar-refractivity contribution in [3.8, 4) is 15.7 Å². The van der Waals surface area contributed by atoms with Gasteiger partial charge < -0.3 is 4.74 Å². The normalized spacial score (nSPS) is 11.7. The molecule has 0 amide bonds. The quantitative estimate of drug-likeness (QED) is 0.577. The average molecular weight is 408 g/mol. The molecule has 0 atom stereocenters. The van der Waals surface area contributed by atoms with Crippen LogP contribution in [-0.2, 0) is 10.9 Å². The van der Waals surface area contributed by atoms with E-state index in [9.17, 15) is 18.0 Å². The highest BCUT2D eigenvalue weighted by Crippen LogP contribution is 2.36. The van der Waals surface area contributed by atoms with Gasteiger partial charge in [-0.05, 0) is 19.1 Å². The molecule has 0 aliphatic heterocycles. The molecule has 11 heteroatoms. The van der Waals surface area contributed by atoms with E-state index >= 15 is 0 Å². The minimum absolute atomic E-state index is 0.0117. The summed E-state index contributed by atoms with van der Waals surface area (Å²) in [5, 5.41) is 5.28. The van der Waals surface area contributed by atoms with Crippen molar-refractivity contribution in [3.05, 3.63) is 39.3 Å². The number of aromatic nitrogens is 3. The molecule has 0 bridgehead atoms. The molecule has 0 saturated heterocycles. The molecule has 0 saturated carbocycles. The van der Waals surface area contributed by atoms with E-state index < -0.39 is 23.4 Å². The van der Waals surface area contributed by atoms with Gasteiger partial charge in [0.2, 0.25) is 5.13 Å². The number of ether oxygens (including phenoxy) is 1. The van der Waals surface area contributed by atoms with Gasteiger partial charge in [0.05, 0.1) is 27.7 Å². The van der Waals surface area contributed by atoms with E-state index in [-0.39, 0.29) is 11.7 Å². The summed E-state index contributed by atoms with van der Waals surface area (Å²) in [5.74, 6) is -1.08. The highest BCUT2D eigenvalue weighted by Gasteiger charge is 2.41. The van der Waals surface area contributed by atoms with Crippen molar-refractivity contribution in [2.75, 3.05) is 6.61 Å². The summed E-state index contributed by atoms with van der Waals surface area (Å²) in [5.41, 5.74) is -1.38. The van der Waals surface area contributed by atoms with Crippen LogP contribution >= 0.6 is 34.3 Å². The SMILES string of the molecule is CCOC(=O)c1cnn(-c2nc(-c3ccc(Cl)s3)cs2)c1C(F)(F)F. The minimum Gasteiger partial charge on any atom is -0.462 e. The van der Waals surface area contributed by atoms with Gasteiger partial charge >= 0.3 is 12.1 Å². The molecule has 132 valence electrons. The Hall–Kier alpha value is -1.91. The predicted octanol–water partition coefficient (Wildman–Crippen LogP) is 4.91. The third-order valence-corrected chi connectivity index (χ3v) is 5.10. The van der Waals surface area contributed by atoms with Crippen LogP contribution in [0.5, 0.6) is 0 Å². The zero-order valence-electron chi connectivity index (χ0n) is 12.5. The first kappa shape index (κ1) is 17.9. The maximum atomic E-state index is 13.5. The lowest BCUT2D eigenvalue weighted by molar-refractivity contribution is -0.143. The third-order valence-electron chi connectivity index (χ3n) is 3.03. The first-order chi connectivity index (χ1) is 11.8. The van der Waals surface area contributed by atoms with Gasteiger partial charge in [-0.25, -0.2) is 14.5 Å². The van der Waals surface area contributed by atoms with Crippen LogP contribution in [0.4, 0.5) is 13.2 Å². The topological polar surface area (TPSA) is 57.0 Å². The molecule has 0 aliphatic carbocycles. The summed E-state index contributed by atoms with van der Waals surface area (Å²) in [6, 6.07) is 3.40. The second-order valence-corrected chi connectivity index (χ2v) is 7.21. The van der Waals surface area contributed by atoms with Gasteiger partial charge in [0.25, 0.3) is 0 Å². The van der Waals surface area contributed by atoms with Crippen LogP contribution in [0.1, 0.15) is 23.0 Å². The van der Waals surface area contributed by atoms with E-state index in [1.807, 2.05) is 0 Å². The lowest BCUT2D eigenvalue weighted by Gasteiger charge is -2.10. The monoisotopic (exact) mass is 407 g/mol. The molecule has 0 radical (unpaired) electrons. The van der Waals surface area contributed by atoms with E-state index in [0.29, 0.717) is 14.7 Å². The lowest BCUT2D eigenvalue weighted by Crippen LogP contribution is -2.18. The average Bonchev–Trinajstić information content (AvgIpc) is 3.24. The molecule has 3 aromatic heterocycles. The van der Waals surface area contributed by atoms with Gasteiger partial charge in [-0.2, -0.15) is 18.3 Å². The number of nitrogens with zero attached hydrogens (tertiary/aromatic N) is 3. The van der Waals surface area contributed by atoms with Crippen LogP contribution in [0.3, 0.4) is 0 Å². The van der Waals surface area contributed by atoms with E-state index in [0.717, 1.165) is 22.4 Å². The molecule has 0 aliphatic rings. The molecule has 0 aromatic carbocycles. The second-order valence-electron chi connectivity index (χ2n) is 4.66. The number of carbonyl (C=O) groups excluding carboxylic acids is 1. The van der Waals surface area contributed by atoms with Crippen LogP contribution in [0, 0.1) is 0 Å². The summed E-state index contributed by atoms with van der Waals surface area (Å²) in [7, 11) is 0. The summed E-state index contributed by atoms with van der Waals surface area (Å²) < 4.78 is 46.2. The Kier molecular flexibility index (Phi) is 4.85. The first-order valence-electron chi connectivity index (χ1n) is 6.85. The smallest absolute Gasteiger partial charge is 0.434 e. The lowest BCUT2D eigenvalue weighted by atomic mass is 10.2. The van der Waals surface area contributed by atoms with E-state index in [1.165, 1.54) is 18.3 Å². The summed E-state index contributed by atoms with van der Waals surface area (Å²) in [4.78, 5) is 16.7. The number of thiazole rings is 1. The van der Waals surface area contributed by atoms with Crippen molar-refractivity contribution in [2.24, 2.45) is 0 Å². The molecule has 0 unspecified atom stereocenters. The van der Waals surface area contributed by atoms with Gasteiger partial charge in [-0.15, -0.1) is 22.7 Å². The number of halogens is 4. The van der Waals surface area contributed by atoms with Crippen LogP contribution in [-0.4, -0.2) is 27.3 Å². The maximum absolute atomic E-state index is 13.5. The van der Waals surface area contributed by atoms with E-state index in [4.69, 9.17) is 11.6 Å². The van der Waals surface area contributed by atoms with Gasteiger partial charge in [0.15, 0.2) is 5.69 Å². The molecule has 0 N–H and O–H groups in total. The van der Waals surface area contributed by atoms with Crippen molar-refractivity contribution < 1.29 is 22.7 Å². The molecule has 5 nitrogen and oxygen atoms in total. The van der Waals surface area contributed by atoms with Crippen molar-refractivity contribution in [1.82, 2.24) is 14.8 Å². The Balaban J connectivity index is 2.06. The standard InChI is InChI=1S/C14H9ClF3N3O2S2/c1-2-23-12(22)7-5-19-21(11(7)14(16,17)18)13-20-8(6-24-13)9-3-4-10(15)25-9/h3-6H,2H2,1H3. The largest absolute Gasteiger partial charge is 0.462 e. The number of carbonyl (C=O) groups is 1. The molecule has 3 heterocycles. The van der Waals surface area contributed by atoms with Crippen molar-refractivity contribution in [2.45, 2.75) is 13.1 Å². The van der Waals surface area contributed by atoms with Gasteiger partial charge in [0, 0.05) is 5.38 Å². The Bertz CT molecular complexity index is 917. The fourth-order valence-corrected chi connectivity index (χ4v) is 3.92. The zero-order chi connectivity index (χ0) is 18.2.